The van der Waals surface area contributed by atoms with Crippen molar-refractivity contribution < 1.29 is 13.2 Å². The Morgan fingerprint density at radius 3 is 2.60 bits per heavy atom. The Morgan fingerprint density at radius 2 is 2.04 bits per heavy atom. The fraction of sp³-hybridized carbons (Fsp3) is 0.500. The molecular weight excluding hydrogens is 360 g/mol. The van der Waals surface area contributed by atoms with E-state index in [2.05, 4.69) is 5.10 Å². The van der Waals surface area contributed by atoms with Crippen molar-refractivity contribution in [3.8, 4) is 17.1 Å². The van der Waals surface area contributed by atoms with E-state index < -0.39 is 9.84 Å². The van der Waals surface area contributed by atoms with Crippen LogP contribution in [0.25, 0.3) is 11.4 Å². The quantitative estimate of drug-likeness (QED) is 0.733. The number of methoxy groups -OCH3 is 1. The summed E-state index contributed by atoms with van der Waals surface area (Å²) in [6, 6.07) is 7.65. The van der Waals surface area contributed by atoms with Gasteiger partial charge in [0.15, 0.2) is 20.4 Å². The molecule has 0 bridgehead atoms. The van der Waals surface area contributed by atoms with Gasteiger partial charge >= 0.3 is 0 Å². The lowest BCUT2D eigenvalue weighted by Gasteiger charge is -2.22. The topological polar surface area (TPSA) is 69.4 Å². The fourth-order valence-electron chi connectivity index (χ4n) is 3.02. The van der Waals surface area contributed by atoms with E-state index in [1.807, 2.05) is 47.8 Å². The summed E-state index contributed by atoms with van der Waals surface area (Å²) in [4.78, 5) is 2.01. The minimum Gasteiger partial charge on any atom is -0.497 e. The van der Waals surface area contributed by atoms with Crippen molar-refractivity contribution in [1.29, 1.82) is 0 Å². The highest BCUT2D eigenvalue weighted by Crippen LogP contribution is 2.22. The van der Waals surface area contributed by atoms with Crippen LogP contribution in [0.1, 0.15) is 6.42 Å². The number of ether oxygens (including phenoxy) is 1. The molecule has 25 heavy (non-hydrogen) atoms. The van der Waals surface area contributed by atoms with E-state index >= 15 is 0 Å². The average Bonchev–Trinajstić information content (AvgIpc) is 3.09. The molecule has 1 aromatic heterocycles. The van der Waals surface area contributed by atoms with E-state index in [4.69, 9.17) is 17.0 Å². The Kier molecular flexibility index (Phi) is 4.99. The van der Waals surface area contributed by atoms with Gasteiger partial charge in [-0.05, 0) is 50.0 Å². The smallest absolute Gasteiger partial charge is 0.199 e. The molecule has 1 aromatic carbocycles. The van der Waals surface area contributed by atoms with Crippen LogP contribution in [-0.4, -0.2) is 59.4 Å². The zero-order valence-corrected chi connectivity index (χ0v) is 16.2. The van der Waals surface area contributed by atoms with E-state index in [9.17, 15) is 8.42 Å². The first-order valence-electron chi connectivity index (χ1n) is 7.99. The van der Waals surface area contributed by atoms with Gasteiger partial charge in [0, 0.05) is 18.7 Å². The van der Waals surface area contributed by atoms with Crippen molar-refractivity contribution in [1.82, 2.24) is 19.2 Å². The first-order valence-corrected chi connectivity index (χ1v) is 10.2. The van der Waals surface area contributed by atoms with E-state index in [-0.39, 0.29) is 17.5 Å². The number of nitrogens with zero attached hydrogens (tertiary/aromatic N) is 4. The summed E-state index contributed by atoms with van der Waals surface area (Å²) in [5.74, 6) is 2.01. The molecule has 1 unspecified atom stereocenters. The molecule has 1 atom stereocenters. The molecule has 3 rings (SSSR count). The van der Waals surface area contributed by atoms with Crippen molar-refractivity contribution in [3.63, 3.8) is 0 Å². The minimum absolute atomic E-state index is 0.0124. The summed E-state index contributed by atoms with van der Waals surface area (Å²) in [6.45, 7) is 0.461. The zero-order valence-electron chi connectivity index (χ0n) is 14.5. The monoisotopic (exact) mass is 382 g/mol. The van der Waals surface area contributed by atoms with Crippen LogP contribution >= 0.6 is 12.2 Å². The molecule has 1 aliphatic rings. The van der Waals surface area contributed by atoms with Gasteiger partial charge in [-0.1, -0.05) is 0 Å². The zero-order chi connectivity index (χ0) is 18.2. The maximum atomic E-state index is 11.7. The first-order chi connectivity index (χ1) is 11.8. The second-order valence-corrected chi connectivity index (χ2v) is 8.94. The SMILES string of the molecule is COc1ccc(-c2nn(CN(C)C3CCS(=O)(=O)C3)c(=S)n2C)cc1. The first kappa shape index (κ1) is 18.1. The molecule has 1 fully saturated rings. The molecule has 2 aromatic rings. The minimum atomic E-state index is -2.91. The molecule has 0 N–H and O–H groups in total. The molecule has 136 valence electrons. The highest BCUT2D eigenvalue weighted by molar-refractivity contribution is 7.91. The highest BCUT2D eigenvalue weighted by atomic mass is 32.2. The molecule has 1 saturated heterocycles. The molecule has 2 heterocycles. The summed E-state index contributed by atoms with van der Waals surface area (Å²) >= 11 is 5.49. The number of benzene rings is 1. The largest absolute Gasteiger partial charge is 0.497 e. The summed E-state index contributed by atoms with van der Waals surface area (Å²) in [7, 11) is 2.51. The molecule has 1 aliphatic heterocycles. The Balaban J connectivity index is 1.82. The number of rotatable bonds is 5. The molecule has 7 nitrogen and oxygen atoms in total. The lowest BCUT2D eigenvalue weighted by molar-refractivity contribution is 0.196. The predicted molar refractivity (Wildman–Crippen MR) is 98.8 cm³/mol. The normalized spacial score (nSPS) is 19.4. The van der Waals surface area contributed by atoms with Crippen molar-refractivity contribution >= 4 is 22.1 Å². The van der Waals surface area contributed by atoms with Gasteiger partial charge in [0.05, 0.1) is 25.3 Å². The van der Waals surface area contributed by atoms with Gasteiger partial charge in [-0.3, -0.25) is 4.90 Å². The van der Waals surface area contributed by atoms with Crippen LogP contribution in [0.15, 0.2) is 24.3 Å². The Morgan fingerprint density at radius 1 is 1.36 bits per heavy atom. The highest BCUT2D eigenvalue weighted by Gasteiger charge is 2.31. The molecule has 0 amide bonds. The van der Waals surface area contributed by atoms with Gasteiger partial charge in [0.1, 0.15) is 5.75 Å². The number of hydrogen-bond acceptors (Lipinski definition) is 6. The van der Waals surface area contributed by atoms with Crippen LogP contribution in [0.2, 0.25) is 0 Å². The van der Waals surface area contributed by atoms with Crippen molar-refractivity contribution in [3.05, 3.63) is 29.0 Å². The van der Waals surface area contributed by atoms with Gasteiger partial charge < -0.3 is 9.30 Å². The summed E-state index contributed by atoms with van der Waals surface area (Å²) in [5.41, 5.74) is 0.944. The van der Waals surface area contributed by atoms with E-state index in [1.165, 1.54) is 0 Å². The van der Waals surface area contributed by atoms with E-state index in [0.29, 0.717) is 17.9 Å². The van der Waals surface area contributed by atoms with E-state index in [1.54, 1.807) is 11.8 Å². The third-order valence-corrected chi connectivity index (χ3v) is 6.81. The summed E-state index contributed by atoms with van der Waals surface area (Å²) < 4.78 is 32.7. The number of aromatic nitrogens is 3. The van der Waals surface area contributed by atoms with Crippen LogP contribution in [-0.2, 0) is 23.6 Å². The molecule has 0 saturated carbocycles. The molecule has 0 aliphatic carbocycles. The van der Waals surface area contributed by atoms with Crippen LogP contribution in [0.5, 0.6) is 5.75 Å². The predicted octanol–water partition coefficient (Wildman–Crippen LogP) is 1.70. The second-order valence-electron chi connectivity index (χ2n) is 6.35. The molecule has 9 heteroatoms. The summed E-state index contributed by atoms with van der Waals surface area (Å²) in [6.07, 6.45) is 0.657. The van der Waals surface area contributed by atoms with Gasteiger partial charge in [0.25, 0.3) is 0 Å². The van der Waals surface area contributed by atoms with Crippen LogP contribution < -0.4 is 4.74 Å². The molecular formula is C16H22N4O3S2. The third kappa shape index (κ3) is 3.78. The van der Waals surface area contributed by atoms with E-state index in [0.717, 1.165) is 17.1 Å². The van der Waals surface area contributed by atoms with Crippen molar-refractivity contribution in [2.24, 2.45) is 7.05 Å². The fourth-order valence-corrected chi connectivity index (χ4v) is 5.01. The standard InChI is InChI=1S/C16H22N4O3S2/c1-18(13-8-9-25(21,22)10-13)11-20-16(24)19(2)15(17-20)12-4-6-14(23-3)7-5-12/h4-7,13H,8-11H2,1-3H3. The molecule has 0 radical (unpaired) electrons. The lowest BCUT2D eigenvalue weighted by atomic mass is 10.2. The molecule has 0 spiro atoms. The van der Waals surface area contributed by atoms with Crippen molar-refractivity contribution in [2.45, 2.75) is 19.1 Å². The Hall–Kier alpha value is -1.71. The van der Waals surface area contributed by atoms with Gasteiger partial charge in [-0.25, -0.2) is 13.1 Å². The Labute approximate surface area is 152 Å². The second kappa shape index (κ2) is 6.89. The van der Waals surface area contributed by atoms with Gasteiger partial charge in [-0.2, -0.15) is 5.10 Å². The number of hydrogen-bond donors (Lipinski definition) is 0. The van der Waals surface area contributed by atoms with Crippen LogP contribution in [0, 0.1) is 4.77 Å². The maximum absolute atomic E-state index is 11.7. The number of sulfone groups is 1. The Bertz CT molecular complexity index is 916. The van der Waals surface area contributed by atoms with Crippen LogP contribution in [0.3, 0.4) is 0 Å². The maximum Gasteiger partial charge on any atom is 0.199 e. The van der Waals surface area contributed by atoms with Crippen molar-refractivity contribution in [2.75, 3.05) is 25.7 Å². The van der Waals surface area contributed by atoms with Crippen LogP contribution in [0.4, 0.5) is 0 Å². The summed E-state index contributed by atoms with van der Waals surface area (Å²) in [5, 5.41) is 4.63. The average molecular weight is 383 g/mol. The van der Waals surface area contributed by atoms with Gasteiger partial charge in [0.2, 0.25) is 0 Å². The third-order valence-electron chi connectivity index (χ3n) is 4.58. The lowest BCUT2D eigenvalue weighted by Crippen LogP contribution is -2.34. The van der Waals surface area contributed by atoms with Gasteiger partial charge in [-0.15, -0.1) is 0 Å².